The Hall–Kier alpha value is -3.41. The molecule has 1 aromatic carbocycles. The van der Waals surface area contributed by atoms with Gasteiger partial charge in [0.15, 0.2) is 5.82 Å². The summed E-state index contributed by atoms with van der Waals surface area (Å²) in [6, 6.07) is 17.7. The highest BCUT2D eigenvalue weighted by Crippen LogP contribution is 2.19. The van der Waals surface area contributed by atoms with E-state index in [1.807, 2.05) is 12.1 Å². The van der Waals surface area contributed by atoms with Crippen LogP contribution in [0.25, 0.3) is 0 Å². The predicted molar refractivity (Wildman–Crippen MR) is 87.0 cm³/mol. The van der Waals surface area contributed by atoms with Gasteiger partial charge in [0.2, 0.25) is 0 Å². The lowest BCUT2D eigenvalue weighted by molar-refractivity contribution is 0.102. The van der Waals surface area contributed by atoms with Crippen molar-refractivity contribution in [3.05, 3.63) is 78.8 Å². The smallest absolute Gasteiger partial charge is 0.274 e. The summed E-state index contributed by atoms with van der Waals surface area (Å²) in [6.45, 7) is 0. The van der Waals surface area contributed by atoms with Gasteiger partial charge in [-0.05, 0) is 48.5 Å². The van der Waals surface area contributed by atoms with Crippen LogP contribution in [0.1, 0.15) is 10.5 Å². The Labute approximate surface area is 133 Å². The number of rotatable bonds is 4. The van der Waals surface area contributed by atoms with E-state index < -0.39 is 0 Å². The van der Waals surface area contributed by atoms with Crippen molar-refractivity contribution in [1.29, 1.82) is 0 Å². The Bertz CT molecular complexity index is 801. The van der Waals surface area contributed by atoms with Gasteiger partial charge in [-0.15, -0.1) is 10.2 Å². The molecule has 23 heavy (non-hydrogen) atoms. The highest BCUT2D eigenvalue weighted by molar-refractivity contribution is 6.02. The highest BCUT2D eigenvalue weighted by Gasteiger charge is 2.06. The second-order valence-electron chi connectivity index (χ2n) is 4.60. The summed E-state index contributed by atoms with van der Waals surface area (Å²) in [5, 5.41) is 10.9. The molecule has 6 heteroatoms. The Morgan fingerprint density at radius 2 is 1.57 bits per heavy atom. The summed E-state index contributed by atoms with van der Waals surface area (Å²) >= 11 is 0. The van der Waals surface area contributed by atoms with Crippen molar-refractivity contribution in [2.24, 2.45) is 10.2 Å². The molecule has 6 nitrogen and oxygen atoms in total. The maximum absolute atomic E-state index is 12.0. The van der Waals surface area contributed by atoms with Crippen LogP contribution in [0, 0.1) is 0 Å². The van der Waals surface area contributed by atoms with Crippen LogP contribution in [0.5, 0.6) is 0 Å². The van der Waals surface area contributed by atoms with E-state index in [0.717, 1.165) is 0 Å². The summed E-state index contributed by atoms with van der Waals surface area (Å²) < 4.78 is 0. The molecule has 2 heterocycles. The van der Waals surface area contributed by atoms with E-state index in [1.165, 1.54) is 0 Å². The Balaban J connectivity index is 1.65. The number of benzene rings is 1. The van der Waals surface area contributed by atoms with Gasteiger partial charge in [-0.25, -0.2) is 4.98 Å². The van der Waals surface area contributed by atoms with Crippen LogP contribution < -0.4 is 5.32 Å². The first-order valence-corrected chi connectivity index (χ1v) is 6.96. The molecule has 0 fully saturated rings. The first-order chi connectivity index (χ1) is 11.3. The Kier molecular flexibility index (Phi) is 4.44. The SMILES string of the molecule is O=C(Nc1ccc(/N=N\c2ccccn2)cc1)c1ccccn1. The van der Waals surface area contributed by atoms with E-state index in [-0.39, 0.29) is 5.91 Å². The molecule has 0 radical (unpaired) electrons. The minimum absolute atomic E-state index is 0.256. The maximum atomic E-state index is 12.0. The zero-order valence-corrected chi connectivity index (χ0v) is 12.1. The van der Waals surface area contributed by atoms with E-state index in [1.54, 1.807) is 60.9 Å². The number of hydrogen-bond acceptors (Lipinski definition) is 5. The van der Waals surface area contributed by atoms with Crippen LogP contribution in [-0.2, 0) is 0 Å². The minimum atomic E-state index is -0.256. The molecule has 3 rings (SSSR count). The van der Waals surface area contributed by atoms with Crippen LogP contribution in [0.2, 0.25) is 0 Å². The third kappa shape index (κ3) is 4.04. The fraction of sp³-hybridized carbons (Fsp3) is 0. The van der Waals surface area contributed by atoms with Crippen molar-refractivity contribution in [2.45, 2.75) is 0 Å². The van der Waals surface area contributed by atoms with Gasteiger partial charge >= 0.3 is 0 Å². The standard InChI is InChI=1S/C17H13N5O/c23-17(15-5-1-3-11-18-15)20-13-7-9-14(10-8-13)21-22-16-6-2-4-12-19-16/h1-12H,(H,20,23)/b22-21-. The van der Waals surface area contributed by atoms with Crippen molar-refractivity contribution in [2.75, 3.05) is 5.32 Å². The predicted octanol–water partition coefficient (Wildman–Crippen LogP) is 4.14. The first-order valence-electron chi connectivity index (χ1n) is 6.96. The van der Waals surface area contributed by atoms with Gasteiger partial charge < -0.3 is 5.32 Å². The molecular weight excluding hydrogens is 290 g/mol. The molecule has 0 spiro atoms. The van der Waals surface area contributed by atoms with E-state index in [4.69, 9.17) is 0 Å². The minimum Gasteiger partial charge on any atom is -0.321 e. The molecule has 1 N–H and O–H groups in total. The van der Waals surface area contributed by atoms with Crippen LogP contribution in [0.15, 0.2) is 83.3 Å². The number of hydrogen-bond donors (Lipinski definition) is 1. The number of nitrogens with one attached hydrogen (secondary N) is 1. The third-order valence-electron chi connectivity index (χ3n) is 2.94. The zero-order chi connectivity index (χ0) is 15.9. The molecule has 0 unspecified atom stereocenters. The van der Waals surface area contributed by atoms with Crippen LogP contribution in [0.3, 0.4) is 0 Å². The number of azo groups is 1. The van der Waals surface area contributed by atoms with E-state index in [9.17, 15) is 4.79 Å². The fourth-order valence-corrected chi connectivity index (χ4v) is 1.83. The monoisotopic (exact) mass is 303 g/mol. The number of amides is 1. The zero-order valence-electron chi connectivity index (χ0n) is 12.1. The lowest BCUT2D eigenvalue weighted by Gasteiger charge is -2.04. The van der Waals surface area contributed by atoms with Gasteiger partial charge in [0.05, 0.1) is 5.69 Å². The van der Waals surface area contributed by atoms with Gasteiger partial charge in [-0.3, -0.25) is 9.78 Å². The summed E-state index contributed by atoms with van der Waals surface area (Å²) in [5.41, 5.74) is 1.70. The van der Waals surface area contributed by atoms with Crippen molar-refractivity contribution < 1.29 is 4.79 Å². The summed E-state index contributed by atoms with van der Waals surface area (Å²) in [4.78, 5) is 20.0. The van der Waals surface area contributed by atoms with E-state index in [2.05, 4.69) is 25.5 Å². The largest absolute Gasteiger partial charge is 0.321 e. The summed E-state index contributed by atoms with van der Waals surface area (Å²) in [7, 11) is 0. The molecule has 0 saturated heterocycles. The maximum Gasteiger partial charge on any atom is 0.274 e. The van der Waals surface area contributed by atoms with E-state index in [0.29, 0.717) is 22.9 Å². The average Bonchev–Trinajstić information content (AvgIpc) is 2.63. The topological polar surface area (TPSA) is 79.6 Å². The molecule has 0 aliphatic heterocycles. The normalized spacial score (nSPS) is 10.6. The van der Waals surface area contributed by atoms with Crippen LogP contribution in [0.4, 0.5) is 17.2 Å². The van der Waals surface area contributed by atoms with Gasteiger partial charge in [-0.2, -0.15) is 0 Å². The number of aromatic nitrogens is 2. The lowest BCUT2D eigenvalue weighted by Crippen LogP contribution is -2.13. The molecule has 2 aromatic heterocycles. The molecular formula is C17H13N5O. The lowest BCUT2D eigenvalue weighted by atomic mass is 10.2. The molecule has 0 atom stereocenters. The second-order valence-corrected chi connectivity index (χ2v) is 4.60. The first kappa shape index (κ1) is 14.5. The van der Waals surface area contributed by atoms with Crippen molar-refractivity contribution in [1.82, 2.24) is 9.97 Å². The number of pyridine rings is 2. The van der Waals surface area contributed by atoms with Crippen LogP contribution >= 0.6 is 0 Å². The van der Waals surface area contributed by atoms with Gasteiger partial charge in [0, 0.05) is 18.1 Å². The number of nitrogens with zero attached hydrogens (tertiary/aromatic N) is 4. The molecule has 3 aromatic rings. The molecule has 0 saturated carbocycles. The molecule has 0 aliphatic rings. The molecule has 0 aliphatic carbocycles. The molecule has 1 amide bonds. The van der Waals surface area contributed by atoms with Gasteiger partial charge in [0.25, 0.3) is 5.91 Å². The van der Waals surface area contributed by atoms with Crippen LogP contribution in [-0.4, -0.2) is 15.9 Å². The molecule has 0 bridgehead atoms. The summed E-state index contributed by atoms with van der Waals surface area (Å²) in [5.74, 6) is 0.286. The summed E-state index contributed by atoms with van der Waals surface area (Å²) in [6.07, 6.45) is 3.24. The van der Waals surface area contributed by atoms with Gasteiger partial charge in [0.1, 0.15) is 5.69 Å². The number of carbonyl (C=O) groups excluding carboxylic acids is 1. The van der Waals surface area contributed by atoms with Crippen molar-refractivity contribution in [3.8, 4) is 0 Å². The quantitative estimate of drug-likeness (QED) is 0.735. The van der Waals surface area contributed by atoms with E-state index >= 15 is 0 Å². The number of anilines is 1. The fourth-order valence-electron chi connectivity index (χ4n) is 1.83. The Morgan fingerprint density at radius 3 is 2.22 bits per heavy atom. The average molecular weight is 303 g/mol. The third-order valence-corrected chi connectivity index (χ3v) is 2.94. The highest BCUT2D eigenvalue weighted by atomic mass is 16.1. The van der Waals surface area contributed by atoms with Crippen molar-refractivity contribution >= 4 is 23.1 Å². The number of carbonyl (C=O) groups is 1. The van der Waals surface area contributed by atoms with Gasteiger partial charge in [-0.1, -0.05) is 12.1 Å². The Morgan fingerprint density at radius 1 is 0.826 bits per heavy atom. The second kappa shape index (κ2) is 7.04. The molecule has 112 valence electrons. The van der Waals surface area contributed by atoms with Crippen molar-refractivity contribution in [3.63, 3.8) is 0 Å².